The maximum Gasteiger partial charge on any atom is 0.171 e. The third-order valence-electron chi connectivity index (χ3n) is 6.77. The summed E-state index contributed by atoms with van der Waals surface area (Å²) in [5.74, 6) is 2.67. The molecule has 0 radical (unpaired) electrons. The van der Waals surface area contributed by atoms with Crippen LogP contribution in [-0.2, 0) is 9.47 Å². The zero-order chi connectivity index (χ0) is 21.8. The Morgan fingerprint density at radius 1 is 1.19 bits per heavy atom. The van der Waals surface area contributed by atoms with E-state index in [0.29, 0.717) is 25.4 Å². The van der Waals surface area contributed by atoms with Crippen molar-refractivity contribution in [3.8, 4) is 5.82 Å². The van der Waals surface area contributed by atoms with Crippen LogP contribution in [0.3, 0.4) is 0 Å². The number of H-pyrrole nitrogens is 1. The molecule has 3 aliphatic rings. The fraction of sp³-hybridized carbons (Fsp3) is 0.591. The first-order valence-electron chi connectivity index (χ1n) is 11.4. The lowest BCUT2D eigenvalue weighted by molar-refractivity contribution is 0.0306. The quantitative estimate of drug-likeness (QED) is 0.660. The molecule has 6 heterocycles. The summed E-state index contributed by atoms with van der Waals surface area (Å²) in [5.41, 5.74) is 2.02. The van der Waals surface area contributed by atoms with Gasteiger partial charge in [-0.1, -0.05) is 0 Å². The third-order valence-corrected chi connectivity index (χ3v) is 6.77. The Kier molecular flexibility index (Phi) is 4.72. The molecule has 3 fully saturated rings. The molecule has 0 spiro atoms. The third kappa shape index (κ3) is 3.20. The first-order valence-corrected chi connectivity index (χ1v) is 11.4. The maximum absolute atomic E-state index is 6.14. The lowest BCUT2D eigenvalue weighted by Gasteiger charge is -2.37. The van der Waals surface area contributed by atoms with E-state index in [1.165, 1.54) is 5.69 Å². The van der Waals surface area contributed by atoms with Gasteiger partial charge >= 0.3 is 0 Å². The molecule has 3 unspecified atom stereocenters. The van der Waals surface area contributed by atoms with Gasteiger partial charge in [0.05, 0.1) is 48.7 Å². The number of ether oxygens (including phenoxy) is 2. The Morgan fingerprint density at radius 3 is 2.69 bits per heavy atom. The van der Waals surface area contributed by atoms with E-state index < -0.39 is 0 Å². The molecule has 2 bridgehead atoms. The van der Waals surface area contributed by atoms with Gasteiger partial charge in [0.2, 0.25) is 0 Å². The highest BCUT2D eigenvalue weighted by atomic mass is 16.5. The first-order chi connectivity index (χ1) is 15.6. The molecule has 32 heavy (non-hydrogen) atoms. The van der Waals surface area contributed by atoms with E-state index in [1.54, 1.807) is 6.20 Å². The van der Waals surface area contributed by atoms with E-state index in [4.69, 9.17) is 19.6 Å². The Balaban J connectivity index is 1.57. The Labute approximate surface area is 187 Å². The summed E-state index contributed by atoms with van der Waals surface area (Å²) in [6, 6.07) is 4.44. The standard InChI is InChI=1S/C22H30N8O2/c1-14-13-31-9-8-29(14)19-10-17(28-11-15-4-5-16(12-28)32-15)20-21(24-19)30(18-6-7-23-25-18)26-22(20)27(2)3/h6-7,10,14-16H,4-5,8-9,11-13H2,1-3H3,(H,23,25). The van der Waals surface area contributed by atoms with Crippen molar-refractivity contribution in [1.82, 2.24) is 25.0 Å². The van der Waals surface area contributed by atoms with Gasteiger partial charge in [-0.15, -0.1) is 5.10 Å². The summed E-state index contributed by atoms with van der Waals surface area (Å²) in [7, 11) is 4.06. The first kappa shape index (κ1) is 19.8. The van der Waals surface area contributed by atoms with Gasteiger partial charge in [0.1, 0.15) is 5.82 Å². The van der Waals surface area contributed by atoms with E-state index in [2.05, 4.69) is 37.9 Å². The zero-order valence-electron chi connectivity index (χ0n) is 18.9. The number of pyridine rings is 1. The van der Waals surface area contributed by atoms with Crippen LogP contribution in [0, 0.1) is 0 Å². The second kappa shape index (κ2) is 7.63. The lowest BCUT2D eigenvalue weighted by Crippen LogP contribution is -2.45. The van der Waals surface area contributed by atoms with E-state index in [0.717, 1.165) is 61.0 Å². The van der Waals surface area contributed by atoms with Crippen LogP contribution in [0.15, 0.2) is 18.3 Å². The molecular formula is C22H30N8O2. The number of nitrogens with one attached hydrogen (secondary N) is 1. The molecule has 10 nitrogen and oxygen atoms in total. The molecule has 0 aliphatic carbocycles. The molecule has 0 aromatic carbocycles. The van der Waals surface area contributed by atoms with Crippen molar-refractivity contribution in [2.24, 2.45) is 0 Å². The molecule has 1 N–H and O–H groups in total. The Hall–Kier alpha value is -2.85. The van der Waals surface area contributed by atoms with Crippen LogP contribution in [0.4, 0.5) is 17.3 Å². The van der Waals surface area contributed by atoms with E-state index in [9.17, 15) is 0 Å². The normalized spacial score (nSPS) is 25.7. The molecule has 0 amide bonds. The summed E-state index contributed by atoms with van der Waals surface area (Å²) in [4.78, 5) is 12.0. The highest BCUT2D eigenvalue weighted by Crippen LogP contribution is 2.40. The van der Waals surface area contributed by atoms with Gasteiger partial charge in [0.25, 0.3) is 0 Å². The predicted molar refractivity (Wildman–Crippen MR) is 123 cm³/mol. The number of hydrogen-bond donors (Lipinski definition) is 1. The number of aromatic nitrogens is 5. The minimum Gasteiger partial charge on any atom is -0.377 e. The van der Waals surface area contributed by atoms with Crippen LogP contribution in [-0.4, -0.2) is 90.2 Å². The van der Waals surface area contributed by atoms with E-state index >= 15 is 0 Å². The van der Waals surface area contributed by atoms with Crippen LogP contribution in [0.5, 0.6) is 0 Å². The molecule has 6 rings (SSSR count). The van der Waals surface area contributed by atoms with Crippen molar-refractivity contribution in [1.29, 1.82) is 0 Å². The van der Waals surface area contributed by atoms with Gasteiger partial charge in [-0.05, 0) is 19.8 Å². The summed E-state index contributed by atoms with van der Waals surface area (Å²) < 4.78 is 13.7. The molecule has 170 valence electrons. The monoisotopic (exact) mass is 438 g/mol. The van der Waals surface area contributed by atoms with Crippen LogP contribution in [0.2, 0.25) is 0 Å². The minimum absolute atomic E-state index is 0.263. The molecule has 3 saturated heterocycles. The molecular weight excluding hydrogens is 408 g/mol. The summed E-state index contributed by atoms with van der Waals surface area (Å²) >= 11 is 0. The lowest BCUT2D eigenvalue weighted by atomic mass is 10.1. The van der Waals surface area contributed by atoms with Gasteiger partial charge in [-0.2, -0.15) is 9.78 Å². The van der Waals surface area contributed by atoms with Gasteiger partial charge in [0.15, 0.2) is 17.3 Å². The fourth-order valence-electron chi connectivity index (χ4n) is 5.19. The topological polar surface area (TPSA) is 87.6 Å². The number of hydrogen-bond acceptors (Lipinski definition) is 8. The van der Waals surface area contributed by atoms with Crippen molar-refractivity contribution in [3.63, 3.8) is 0 Å². The zero-order valence-corrected chi connectivity index (χ0v) is 18.9. The molecule has 10 heteroatoms. The van der Waals surface area contributed by atoms with E-state index in [-0.39, 0.29) is 6.04 Å². The van der Waals surface area contributed by atoms with Crippen molar-refractivity contribution in [2.75, 3.05) is 61.6 Å². The summed E-state index contributed by atoms with van der Waals surface area (Å²) in [6.45, 7) is 6.23. The van der Waals surface area contributed by atoms with Crippen molar-refractivity contribution in [2.45, 2.75) is 38.0 Å². The number of rotatable bonds is 4. The second-order valence-electron chi connectivity index (χ2n) is 9.25. The van der Waals surface area contributed by atoms with E-state index in [1.807, 2.05) is 24.8 Å². The smallest absolute Gasteiger partial charge is 0.171 e. The maximum atomic E-state index is 6.14. The highest BCUT2D eigenvalue weighted by molar-refractivity contribution is 6.01. The average molecular weight is 439 g/mol. The van der Waals surface area contributed by atoms with Gasteiger partial charge in [-0.3, -0.25) is 5.10 Å². The van der Waals surface area contributed by atoms with Crippen LogP contribution >= 0.6 is 0 Å². The number of morpholine rings is 2. The predicted octanol–water partition coefficient (Wildman–Crippen LogP) is 1.80. The molecule has 0 saturated carbocycles. The number of nitrogens with zero attached hydrogens (tertiary/aromatic N) is 7. The molecule has 3 aliphatic heterocycles. The van der Waals surface area contributed by atoms with Gasteiger partial charge in [-0.25, -0.2) is 4.98 Å². The Bertz CT molecular complexity index is 1100. The van der Waals surface area contributed by atoms with Crippen molar-refractivity contribution in [3.05, 3.63) is 18.3 Å². The van der Waals surface area contributed by atoms with Crippen molar-refractivity contribution >= 4 is 28.4 Å². The van der Waals surface area contributed by atoms with Gasteiger partial charge < -0.3 is 24.2 Å². The largest absolute Gasteiger partial charge is 0.377 e. The van der Waals surface area contributed by atoms with Crippen molar-refractivity contribution < 1.29 is 9.47 Å². The summed E-state index contributed by atoms with van der Waals surface area (Å²) in [6.07, 6.45) is 4.61. The molecule has 3 aromatic rings. The molecule has 3 atom stereocenters. The second-order valence-corrected chi connectivity index (χ2v) is 9.25. The van der Waals surface area contributed by atoms with Gasteiger partial charge in [0, 0.05) is 45.9 Å². The number of fused-ring (bicyclic) bond motifs is 3. The number of anilines is 3. The summed E-state index contributed by atoms with van der Waals surface area (Å²) in [5, 5.41) is 13.2. The molecule has 3 aromatic heterocycles. The number of aromatic amines is 1. The SMILES string of the molecule is CC1COCCN1c1cc(N2CC3CCC(C2)O3)c2c(N(C)C)nn(-c3ccn[nH]3)c2n1. The Morgan fingerprint density at radius 2 is 2.00 bits per heavy atom. The minimum atomic E-state index is 0.263. The van der Waals surface area contributed by atoms with Crippen LogP contribution < -0.4 is 14.7 Å². The van der Waals surface area contributed by atoms with Crippen LogP contribution in [0.1, 0.15) is 19.8 Å². The highest BCUT2D eigenvalue weighted by Gasteiger charge is 2.36. The van der Waals surface area contributed by atoms with Crippen LogP contribution in [0.25, 0.3) is 16.9 Å². The fourth-order valence-corrected chi connectivity index (χ4v) is 5.19. The average Bonchev–Trinajstić information content (AvgIpc) is 3.52.